The highest BCUT2D eigenvalue weighted by Crippen LogP contribution is 2.45. The van der Waals surface area contributed by atoms with Crippen LogP contribution < -0.4 is 5.32 Å². The van der Waals surface area contributed by atoms with E-state index in [4.69, 9.17) is 4.98 Å². The summed E-state index contributed by atoms with van der Waals surface area (Å²) in [6.45, 7) is 2.34. The first-order chi connectivity index (χ1) is 14.2. The number of hydrogen-bond donors (Lipinski definition) is 2. The maximum absolute atomic E-state index is 13.8. The molecule has 2 atom stereocenters. The molecule has 3 saturated carbocycles. The summed E-state index contributed by atoms with van der Waals surface area (Å²) >= 11 is 0. The number of aromatic amines is 1. The average Bonchev–Trinajstić information content (AvgIpc) is 3.37. The Labute approximate surface area is 166 Å². The van der Waals surface area contributed by atoms with Crippen LogP contribution in [-0.4, -0.2) is 40.6 Å². The van der Waals surface area contributed by atoms with Crippen LogP contribution in [0.2, 0.25) is 0 Å². The van der Waals surface area contributed by atoms with E-state index in [9.17, 15) is 4.39 Å². The number of rotatable bonds is 3. The molecular weight excluding hydrogens is 371 g/mol. The summed E-state index contributed by atoms with van der Waals surface area (Å²) in [5.41, 5.74) is 1.29. The van der Waals surface area contributed by atoms with Crippen molar-refractivity contribution in [2.45, 2.75) is 38.6 Å². The van der Waals surface area contributed by atoms with Crippen molar-refractivity contribution < 1.29 is 4.39 Å². The van der Waals surface area contributed by atoms with Crippen LogP contribution in [0.5, 0.6) is 0 Å². The van der Waals surface area contributed by atoms with E-state index in [-0.39, 0.29) is 0 Å². The van der Waals surface area contributed by atoms with Crippen LogP contribution in [-0.2, 0) is 0 Å². The van der Waals surface area contributed by atoms with E-state index in [2.05, 4.69) is 37.3 Å². The van der Waals surface area contributed by atoms with Crippen LogP contribution >= 0.6 is 0 Å². The Hall–Kier alpha value is -3.10. The van der Waals surface area contributed by atoms with Crippen molar-refractivity contribution >= 4 is 22.8 Å². The first kappa shape index (κ1) is 16.8. The number of fused-ring (bicyclic) bond motifs is 5. The molecule has 0 spiro atoms. The molecule has 0 radical (unpaired) electrons. The molecule has 3 aliphatic carbocycles. The Balaban J connectivity index is 1.46. The molecule has 4 aromatic rings. The van der Waals surface area contributed by atoms with Gasteiger partial charge in [-0.15, -0.1) is 0 Å². The molecule has 4 heterocycles. The Morgan fingerprint density at radius 1 is 1.14 bits per heavy atom. The fourth-order valence-corrected chi connectivity index (χ4v) is 5.26. The maximum atomic E-state index is 13.8. The highest BCUT2D eigenvalue weighted by atomic mass is 19.1. The molecule has 0 amide bonds. The standard InChI is InChI=1S/C20H21FN8/c1-10-11-2-4-12(5-3-11)16(10)26-20-28-18(27-19-24-9-25-29(19)20)15-8-23-17-14(15)6-13(21)7-22-17/h6-12,16H,2-5H2,1H3,(H,22,23)(H,24,25,26,27,28)/t10-,11?,12?,16+/m0/s1. The molecule has 0 aromatic carbocycles. The largest absolute Gasteiger partial charge is 0.351 e. The molecule has 2 bridgehead atoms. The van der Waals surface area contributed by atoms with Gasteiger partial charge in [-0.25, -0.2) is 9.37 Å². The van der Waals surface area contributed by atoms with Crippen molar-refractivity contribution in [1.82, 2.24) is 34.5 Å². The molecule has 7 rings (SSSR count). The molecule has 29 heavy (non-hydrogen) atoms. The van der Waals surface area contributed by atoms with Crippen LogP contribution in [0.15, 0.2) is 24.8 Å². The van der Waals surface area contributed by atoms with Gasteiger partial charge in [0.05, 0.1) is 6.20 Å². The highest BCUT2D eigenvalue weighted by Gasteiger charge is 2.41. The zero-order chi connectivity index (χ0) is 19.5. The van der Waals surface area contributed by atoms with Crippen molar-refractivity contribution in [2.24, 2.45) is 17.8 Å². The molecule has 0 saturated heterocycles. The Morgan fingerprint density at radius 3 is 2.79 bits per heavy atom. The van der Waals surface area contributed by atoms with Gasteiger partial charge in [0, 0.05) is 23.2 Å². The molecule has 148 valence electrons. The number of pyridine rings is 1. The fraction of sp³-hybridized carbons (Fsp3) is 0.450. The van der Waals surface area contributed by atoms with Crippen LogP contribution in [0.4, 0.5) is 10.3 Å². The molecule has 0 aliphatic heterocycles. The third kappa shape index (κ3) is 2.60. The number of aromatic nitrogens is 7. The van der Waals surface area contributed by atoms with Gasteiger partial charge in [-0.05, 0) is 49.5 Å². The van der Waals surface area contributed by atoms with Gasteiger partial charge in [-0.1, -0.05) is 6.92 Å². The van der Waals surface area contributed by atoms with E-state index in [1.54, 1.807) is 10.7 Å². The Morgan fingerprint density at radius 2 is 1.97 bits per heavy atom. The smallest absolute Gasteiger partial charge is 0.257 e. The summed E-state index contributed by atoms with van der Waals surface area (Å²) in [5.74, 6) is 3.18. The summed E-state index contributed by atoms with van der Waals surface area (Å²) in [7, 11) is 0. The van der Waals surface area contributed by atoms with Gasteiger partial charge in [0.2, 0.25) is 5.95 Å². The SMILES string of the molecule is C[C@H]1C2CCC(CC2)[C@@H]1Nc1nc(-c2c[nH]c3ncc(F)cc23)nc2ncnn12. The summed E-state index contributed by atoms with van der Waals surface area (Å²) < 4.78 is 15.4. The zero-order valence-electron chi connectivity index (χ0n) is 16.0. The van der Waals surface area contributed by atoms with E-state index >= 15 is 0 Å². The third-order valence-corrected chi connectivity index (χ3v) is 6.82. The molecule has 9 heteroatoms. The Bertz CT molecular complexity index is 1200. The Kier molecular flexibility index (Phi) is 3.60. The summed E-state index contributed by atoms with van der Waals surface area (Å²) in [5, 5.41) is 8.61. The van der Waals surface area contributed by atoms with Crippen molar-refractivity contribution in [3.63, 3.8) is 0 Å². The number of H-pyrrole nitrogens is 1. The minimum absolute atomic E-state index is 0.361. The van der Waals surface area contributed by atoms with Crippen LogP contribution in [0.3, 0.4) is 0 Å². The molecule has 0 unspecified atom stereocenters. The van der Waals surface area contributed by atoms with Crippen molar-refractivity contribution in [3.05, 3.63) is 30.6 Å². The zero-order valence-corrected chi connectivity index (χ0v) is 16.0. The number of hydrogen-bond acceptors (Lipinski definition) is 6. The average molecular weight is 392 g/mol. The normalized spacial score (nSPS) is 26.4. The first-order valence-corrected chi connectivity index (χ1v) is 10.1. The lowest BCUT2D eigenvalue weighted by Crippen LogP contribution is -2.47. The lowest BCUT2D eigenvalue weighted by atomic mass is 9.62. The second kappa shape index (κ2) is 6.20. The lowest BCUT2D eigenvalue weighted by Gasteiger charge is -2.47. The third-order valence-electron chi connectivity index (χ3n) is 6.82. The van der Waals surface area contributed by atoms with E-state index in [1.807, 2.05) is 0 Å². The van der Waals surface area contributed by atoms with E-state index in [0.29, 0.717) is 52.0 Å². The number of halogens is 1. The van der Waals surface area contributed by atoms with Gasteiger partial charge < -0.3 is 10.3 Å². The molecule has 4 aromatic heterocycles. The predicted octanol–water partition coefficient (Wildman–Crippen LogP) is 3.44. The second-order valence-corrected chi connectivity index (χ2v) is 8.30. The van der Waals surface area contributed by atoms with Crippen molar-refractivity contribution in [2.75, 3.05) is 5.32 Å². The fourth-order valence-electron chi connectivity index (χ4n) is 5.26. The highest BCUT2D eigenvalue weighted by molar-refractivity contribution is 5.91. The number of nitrogens with zero attached hydrogens (tertiary/aromatic N) is 6. The summed E-state index contributed by atoms with van der Waals surface area (Å²) in [6.07, 6.45) is 9.60. The van der Waals surface area contributed by atoms with Crippen molar-refractivity contribution in [3.8, 4) is 11.4 Å². The summed E-state index contributed by atoms with van der Waals surface area (Å²) in [4.78, 5) is 20.8. The number of nitrogens with one attached hydrogen (secondary N) is 2. The molecular formula is C20H21FN8. The maximum Gasteiger partial charge on any atom is 0.257 e. The van der Waals surface area contributed by atoms with Crippen molar-refractivity contribution in [1.29, 1.82) is 0 Å². The summed E-state index contributed by atoms with van der Waals surface area (Å²) in [6, 6.07) is 1.81. The van der Waals surface area contributed by atoms with Gasteiger partial charge in [0.25, 0.3) is 5.78 Å². The van der Waals surface area contributed by atoms with Gasteiger partial charge in [0.15, 0.2) is 5.82 Å². The van der Waals surface area contributed by atoms with Crippen LogP contribution in [0, 0.1) is 23.6 Å². The van der Waals surface area contributed by atoms with Crippen LogP contribution in [0.25, 0.3) is 28.2 Å². The van der Waals surface area contributed by atoms with Gasteiger partial charge >= 0.3 is 0 Å². The first-order valence-electron chi connectivity index (χ1n) is 10.1. The topological polar surface area (TPSA) is 96.7 Å². The van der Waals surface area contributed by atoms with Gasteiger partial charge in [-0.2, -0.15) is 24.6 Å². The monoisotopic (exact) mass is 392 g/mol. The van der Waals surface area contributed by atoms with E-state index in [1.165, 1.54) is 44.3 Å². The number of anilines is 1. The lowest BCUT2D eigenvalue weighted by molar-refractivity contribution is 0.0924. The van der Waals surface area contributed by atoms with E-state index in [0.717, 1.165) is 5.92 Å². The molecule has 3 fully saturated rings. The van der Waals surface area contributed by atoms with Gasteiger partial charge in [0.1, 0.15) is 17.8 Å². The molecule has 2 N–H and O–H groups in total. The molecule has 3 aliphatic rings. The van der Waals surface area contributed by atoms with Crippen LogP contribution in [0.1, 0.15) is 32.6 Å². The minimum Gasteiger partial charge on any atom is -0.351 e. The van der Waals surface area contributed by atoms with Gasteiger partial charge in [-0.3, -0.25) is 0 Å². The van der Waals surface area contributed by atoms with E-state index < -0.39 is 5.82 Å². The quantitative estimate of drug-likeness (QED) is 0.554. The molecule has 8 nitrogen and oxygen atoms in total. The predicted molar refractivity (Wildman–Crippen MR) is 106 cm³/mol. The minimum atomic E-state index is -0.396. The second-order valence-electron chi connectivity index (χ2n) is 8.30.